The van der Waals surface area contributed by atoms with Crippen LogP contribution in [0.3, 0.4) is 0 Å². The lowest BCUT2D eigenvalue weighted by Gasteiger charge is -2.15. The molecule has 1 N–H and O–H groups in total. The largest absolute Gasteiger partial charge is 0.493 e. The van der Waals surface area contributed by atoms with E-state index in [1.54, 1.807) is 13.2 Å². The van der Waals surface area contributed by atoms with Gasteiger partial charge in [-0.2, -0.15) is 0 Å². The second-order valence-corrected chi connectivity index (χ2v) is 7.05. The van der Waals surface area contributed by atoms with Crippen molar-refractivity contribution in [1.82, 2.24) is 0 Å². The van der Waals surface area contributed by atoms with Crippen molar-refractivity contribution >= 4 is 21.6 Å². The van der Waals surface area contributed by atoms with E-state index in [-0.39, 0.29) is 12.4 Å². The molecule has 0 aliphatic heterocycles. The van der Waals surface area contributed by atoms with Crippen LogP contribution in [0.2, 0.25) is 0 Å². The summed E-state index contributed by atoms with van der Waals surface area (Å²) in [4.78, 5) is 0. The molecule has 0 fully saturated rings. The van der Waals surface area contributed by atoms with Gasteiger partial charge in [0.05, 0.1) is 11.6 Å². The Kier molecular flexibility index (Phi) is 6.35. The fourth-order valence-corrected chi connectivity index (χ4v) is 3.37. The third kappa shape index (κ3) is 5.01. The summed E-state index contributed by atoms with van der Waals surface area (Å²) in [7, 11) is 1.61. The van der Waals surface area contributed by atoms with Crippen LogP contribution in [-0.2, 0) is 13.2 Å². The zero-order valence-electron chi connectivity index (χ0n) is 15.3. The number of benzene rings is 3. The van der Waals surface area contributed by atoms with E-state index in [1.807, 2.05) is 30.3 Å². The molecule has 0 radical (unpaired) electrons. The van der Waals surface area contributed by atoms with Gasteiger partial charge in [0, 0.05) is 12.2 Å². The van der Waals surface area contributed by atoms with Gasteiger partial charge in [-0.25, -0.2) is 4.39 Å². The molecule has 0 atom stereocenters. The Balaban J connectivity index is 1.73. The zero-order chi connectivity index (χ0) is 19.2. The molecule has 0 heterocycles. The lowest BCUT2D eigenvalue weighted by Crippen LogP contribution is -2.03. The normalized spacial score (nSPS) is 10.5. The average molecular weight is 430 g/mol. The molecule has 0 amide bonds. The van der Waals surface area contributed by atoms with E-state index in [0.29, 0.717) is 18.0 Å². The average Bonchev–Trinajstić information content (AvgIpc) is 2.66. The first-order chi connectivity index (χ1) is 13.1. The number of methoxy groups -OCH3 is 1. The molecule has 3 nitrogen and oxygen atoms in total. The maximum absolute atomic E-state index is 13.3. The van der Waals surface area contributed by atoms with Crippen molar-refractivity contribution in [3.05, 3.63) is 87.6 Å². The van der Waals surface area contributed by atoms with Gasteiger partial charge in [0.25, 0.3) is 0 Å². The van der Waals surface area contributed by atoms with Crippen LogP contribution in [0.4, 0.5) is 10.1 Å². The van der Waals surface area contributed by atoms with Gasteiger partial charge in [-0.3, -0.25) is 0 Å². The lowest BCUT2D eigenvalue weighted by atomic mass is 10.1. The van der Waals surface area contributed by atoms with Gasteiger partial charge >= 0.3 is 0 Å². The van der Waals surface area contributed by atoms with Crippen molar-refractivity contribution in [2.45, 2.75) is 20.1 Å². The van der Waals surface area contributed by atoms with Gasteiger partial charge in [0.2, 0.25) is 0 Å². The molecule has 0 saturated heterocycles. The number of para-hydroxylation sites is 1. The number of ether oxygens (including phenoxy) is 2. The number of nitrogens with one attached hydrogen (secondary N) is 1. The minimum Gasteiger partial charge on any atom is -0.493 e. The summed E-state index contributed by atoms with van der Waals surface area (Å²) >= 11 is 3.56. The fourth-order valence-electron chi connectivity index (χ4n) is 2.77. The molecule has 0 aliphatic carbocycles. The SMILES string of the molecule is COc1cc(CNc2ccccc2C)cc(Br)c1OCc1cccc(F)c1. The summed E-state index contributed by atoms with van der Waals surface area (Å²) in [6.45, 7) is 2.99. The predicted molar refractivity (Wildman–Crippen MR) is 110 cm³/mol. The standard InChI is InChI=1S/C22H21BrFNO2/c1-15-6-3-4-9-20(15)25-13-17-11-19(23)22(21(12-17)26-2)27-14-16-7-5-8-18(24)10-16/h3-12,25H,13-14H2,1-2H3. The summed E-state index contributed by atoms with van der Waals surface area (Å²) in [5.74, 6) is 0.948. The number of rotatable bonds is 7. The number of anilines is 1. The highest BCUT2D eigenvalue weighted by molar-refractivity contribution is 9.10. The fraction of sp³-hybridized carbons (Fsp3) is 0.182. The third-order valence-corrected chi connectivity index (χ3v) is 4.78. The molecule has 3 aromatic rings. The van der Waals surface area contributed by atoms with Crippen molar-refractivity contribution in [2.75, 3.05) is 12.4 Å². The van der Waals surface area contributed by atoms with Crippen LogP contribution >= 0.6 is 15.9 Å². The van der Waals surface area contributed by atoms with Gasteiger partial charge in [-0.05, 0) is 69.9 Å². The summed E-state index contributed by atoms with van der Waals surface area (Å²) in [5, 5.41) is 3.43. The van der Waals surface area contributed by atoms with Gasteiger partial charge in [0.15, 0.2) is 11.5 Å². The van der Waals surface area contributed by atoms with E-state index < -0.39 is 0 Å². The van der Waals surface area contributed by atoms with Crippen LogP contribution in [0.15, 0.2) is 65.1 Å². The van der Waals surface area contributed by atoms with Crippen LogP contribution in [0.1, 0.15) is 16.7 Å². The second kappa shape index (κ2) is 8.91. The zero-order valence-corrected chi connectivity index (χ0v) is 16.8. The highest BCUT2D eigenvalue weighted by Gasteiger charge is 2.12. The molecule has 5 heteroatoms. The van der Waals surface area contributed by atoms with Crippen LogP contribution < -0.4 is 14.8 Å². The van der Waals surface area contributed by atoms with Crippen LogP contribution in [0.25, 0.3) is 0 Å². The highest BCUT2D eigenvalue weighted by Crippen LogP contribution is 2.37. The molecule has 3 aromatic carbocycles. The Labute approximate surface area is 167 Å². The van der Waals surface area contributed by atoms with Crippen molar-refractivity contribution in [1.29, 1.82) is 0 Å². The van der Waals surface area contributed by atoms with Crippen molar-refractivity contribution in [3.8, 4) is 11.5 Å². The highest BCUT2D eigenvalue weighted by atomic mass is 79.9. The molecule has 0 aromatic heterocycles. The van der Waals surface area contributed by atoms with Crippen molar-refractivity contribution < 1.29 is 13.9 Å². The molecule has 0 saturated carbocycles. The van der Waals surface area contributed by atoms with Crippen molar-refractivity contribution in [2.24, 2.45) is 0 Å². The Morgan fingerprint density at radius 2 is 1.81 bits per heavy atom. The van der Waals surface area contributed by atoms with E-state index in [1.165, 1.54) is 17.7 Å². The van der Waals surface area contributed by atoms with Crippen LogP contribution in [0, 0.1) is 12.7 Å². The minimum absolute atomic E-state index is 0.257. The molecule has 27 heavy (non-hydrogen) atoms. The minimum atomic E-state index is -0.278. The molecular weight excluding hydrogens is 409 g/mol. The maximum atomic E-state index is 13.3. The number of hydrogen-bond acceptors (Lipinski definition) is 3. The van der Waals surface area contributed by atoms with Crippen molar-refractivity contribution in [3.63, 3.8) is 0 Å². The Bertz CT molecular complexity index is 930. The third-order valence-electron chi connectivity index (χ3n) is 4.19. The first-order valence-electron chi connectivity index (χ1n) is 8.60. The number of aryl methyl sites for hydroxylation is 1. The smallest absolute Gasteiger partial charge is 0.175 e. The van der Waals surface area contributed by atoms with Gasteiger partial charge < -0.3 is 14.8 Å². The Hall–Kier alpha value is -2.53. The van der Waals surface area contributed by atoms with Gasteiger partial charge in [-0.15, -0.1) is 0 Å². The quantitative estimate of drug-likeness (QED) is 0.492. The van der Waals surface area contributed by atoms with E-state index in [0.717, 1.165) is 21.3 Å². The van der Waals surface area contributed by atoms with Gasteiger partial charge in [-0.1, -0.05) is 30.3 Å². The first kappa shape index (κ1) is 19.2. The van der Waals surface area contributed by atoms with Gasteiger partial charge in [0.1, 0.15) is 12.4 Å². The molecule has 0 bridgehead atoms. The lowest BCUT2D eigenvalue weighted by molar-refractivity contribution is 0.282. The number of hydrogen-bond donors (Lipinski definition) is 1. The molecule has 0 unspecified atom stereocenters. The molecule has 0 aliphatic rings. The summed E-state index contributed by atoms with van der Waals surface area (Å²) in [5.41, 5.74) is 4.10. The molecule has 3 rings (SSSR count). The second-order valence-electron chi connectivity index (χ2n) is 6.20. The summed E-state index contributed by atoms with van der Waals surface area (Å²) in [6.07, 6.45) is 0. The maximum Gasteiger partial charge on any atom is 0.175 e. The van der Waals surface area contributed by atoms with E-state index in [2.05, 4.69) is 40.3 Å². The predicted octanol–water partition coefficient (Wildman–Crippen LogP) is 6.10. The number of halogens is 2. The van der Waals surface area contributed by atoms with E-state index in [4.69, 9.17) is 9.47 Å². The Morgan fingerprint density at radius 3 is 2.56 bits per heavy atom. The molecule has 0 spiro atoms. The van der Waals surface area contributed by atoms with E-state index >= 15 is 0 Å². The van der Waals surface area contributed by atoms with Crippen LogP contribution in [-0.4, -0.2) is 7.11 Å². The molecule has 140 valence electrons. The summed E-state index contributed by atoms with van der Waals surface area (Å²) in [6, 6.07) is 18.5. The summed E-state index contributed by atoms with van der Waals surface area (Å²) < 4.78 is 25.5. The Morgan fingerprint density at radius 1 is 1.00 bits per heavy atom. The molecular formula is C22H21BrFNO2. The van der Waals surface area contributed by atoms with Crippen LogP contribution in [0.5, 0.6) is 11.5 Å². The topological polar surface area (TPSA) is 30.5 Å². The monoisotopic (exact) mass is 429 g/mol. The first-order valence-corrected chi connectivity index (χ1v) is 9.39. The van der Waals surface area contributed by atoms with E-state index in [9.17, 15) is 4.39 Å².